The van der Waals surface area contributed by atoms with Crippen LogP contribution in [0.4, 0.5) is 11.6 Å². The van der Waals surface area contributed by atoms with E-state index in [4.69, 9.17) is 46.9 Å². The smallest absolute Gasteiger partial charge is 0.257 e. The van der Waals surface area contributed by atoms with Crippen LogP contribution in [0, 0.1) is 5.41 Å². The second kappa shape index (κ2) is 16.2. The van der Waals surface area contributed by atoms with Crippen LogP contribution in [-0.2, 0) is 9.47 Å². The maximum Gasteiger partial charge on any atom is 0.257 e. The third-order valence-corrected chi connectivity index (χ3v) is 8.41. The Morgan fingerprint density at radius 2 is 1.87 bits per heavy atom. The summed E-state index contributed by atoms with van der Waals surface area (Å²) in [4.78, 5) is 11.7. The van der Waals surface area contributed by atoms with Gasteiger partial charge in [-0.05, 0) is 50.3 Å². The van der Waals surface area contributed by atoms with Crippen molar-refractivity contribution in [3.63, 3.8) is 0 Å². The number of ether oxygens (including phenoxy) is 4. The van der Waals surface area contributed by atoms with E-state index in [0.717, 1.165) is 69.5 Å². The van der Waals surface area contributed by atoms with Crippen LogP contribution in [0.2, 0.25) is 5.02 Å². The lowest BCUT2D eigenvalue weighted by Crippen LogP contribution is -2.46. The van der Waals surface area contributed by atoms with Crippen molar-refractivity contribution in [2.75, 3.05) is 58.5 Å². The van der Waals surface area contributed by atoms with Crippen molar-refractivity contribution in [3.8, 4) is 22.8 Å². The molecule has 1 atom stereocenters. The molecule has 2 aromatic heterocycles. The molecule has 0 bridgehead atoms. The minimum absolute atomic E-state index is 0.292. The van der Waals surface area contributed by atoms with Gasteiger partial charge in [0.25, 0.3) is 5.88 Å². The normalized spacial score (nSPS) is 19.6. The predicted molar refractivity (Wildman–Crippen MR) is 172 cm³/mol. The lowest BCUT2D eigenvalue weighted by Gasteiger charge is -2.38. The van der Waals surface area contributed by atoms with Gasteiger partial charge in [0.1, 0.15) is 24.1 Å². The highest BCUT2D eigenvalue weighted by Gasteiger charge is 2.29. The molecular weight excluding hydrogens is 600 g/mol. The third kappa shape index (κ3) is 8.81. The van der Waals surface area contributed by atoms with Crippen LogP contribution in [-0.4, -0.2) is 101 Å². The summed E-state index contributed by atoms with van der Waals surface area (Å²) >= 11 is 6.41. The van der Waals surface area contributed by atoms with Gasteiger partial charge in [0.2, 0.25) is 5.95 Å². The number of nitrogens with two attached hydrogens (primary N) is 1. The standard InChI is InChI=1S/C30H43ClN10O4/c1-21(18-40(20-32)38-33)45-28-15-22(3-8-26(28)31)23-16-34-30(35-17-23)36-27-19-41(37-29(27)44-14-13-42-2)25-6-4-24(5-7-25)39-9-11-43-12-10-39/h3,8,15-17,19-21,24-25,32,38H,4-7,9-14,18,33H2,1-2H3,(H,34,35,36)/t21-,24-,25-/m0/s1. The zero-order valence-electron chi connectivity index (χ0n) is 25.8. The van der Waals surface area contributed by atoms with Crippen LogP contribution in [0.3, 0.4) is 0 Å². The Labute approximate surface area is 268 Å². The first kappa shape index (κ1) is 32.9. The molecule has 3 aromatic rings. The number of hydrogen-bond acceptors (Lipinski definition) is 12. The van der Waals surface area contributed by atoms with E-state index in [2.05, 4.69) is 25.7 Å². The highest BCUT2D eigenvalue weighted by Crippen LogP contribution is 2.35. The van der Waals surface area contributed by atoms with E-state index in [1.807, 2.05) is 29.9 Å². The van der Waals surface area contributed by atoms with Gasteiger partial charge < -0.3 is 24.3 Å². The number of hydrazine groups is 2. The van der Waals surface area contributed by atoms with E-state index >= 15 is 0 Å². The monoisotopic (exact) mass is 642 g/mol. The van der Waals surface area contributed by atoms with E-state index in [1.165, 1.54) is 5.01 Å². The van der Waals surface area contributed by atoms with Crippen LogP contribution in [0.1, 0.15) is 38.6 Å². The summed E-state index contributed by atoms with van der Waals surface area (Å²) in [7, 11) is 1.64. The third-order valence-electron chi connectivity index (χ3n) is 8.09. The highest BCUT2D eigenvalue weighted by molar-refractivity contribution is 6.32. The highest BCUT2D eigenvalue weighted by atomic mass is 35.5. The van der Waals surface area contributed by atoms with Gasteiger partial charge in [0.05, 0.1) is 50.0 Å². The van der Waals surface area contributed by atoms with Crippen LogP contribution in [0.25, 0.3) is 11.1 Å². The summed E-state index contributed by atoms with van der Waals surface area (Å²) < 4.78 is 24.7. The number of nitrogens with zero attached hydrogens (tertiary/aromatic N) is 6. The second-order valence-electron chi connectivity index (χ2n) is 11.2. The fourth-order valence-corrected chi connectivity index (χ4v) is 5.88. The maximum atomic E-state index is 7.38. The lowest BCUT2D eigenvalue weighted by molar-refractivity contribution is 0.00502. The van der Waals surface area contributed by atoms with Crippen molar-refractivity contribution in [2.24, 2.45) is 5.84 Å². The Bertz CT molecular complexity index is 1360. The Morgan fingerprint density at radius 3 is 2.56 bits per heavy atom. The number of halogens is 1. The molecule has 2 fully saturated rings. The number of nitrogens with one attached hydrogen (secondary N) is 3. The largest absolute Gasteiger partial charge is 0.487 e. The molecule has 0 unspecified atom stereocenters. The van der Waals surface area contributed by atoms with Gasteiger partial charge in [-0.2, -0.15) is 5.53 Å². The van der Waals surface area contributed by atoms with Crippen molar-refractivity contribution in [2.45, 2.75) is 50.8 Å². The number of methoxy groups -OCH3 is 1. The molecule has 5 N–H and O–H groups in total. The Balaban J connectivity index is 1.25. The molecule has 1 aromatic carbocycles. The summed E-state index contributed by atoms with van der Waals surface area (Å²) in [6, 6.07) is 6.41. The molecule has 0 radical (unpaired) electrons. The van der Waals surface area contributed by atoms with Crippen LogP contribution >= 0.6 is 11.6 Å². The van der Waals surface area contributed by atoms with Crippen molar-refractivity contribution >= 4 is 29.6 Å². The number of benzene rings is 1. The molecule has 244 valence electrons. The van der Waals surface area contributed by atoms with E-state index < -0.39 is 0 Å². The zero-order chi connectivity index (χ0) is 31.6. The van der Waals surface area contributed by atoms with Gasteiger partial charge in [-0.25, -0.2) is 9.97 Å². The summed E-state index contributed by atoms with van der Waals surface area (Å²) in [5.74, 6) is 6.84. The van der Waals surface area contributed by atoms with Crippen molar-refractivity contribution in [3.05, 3.63) is 41.8 Å². The first-order valence-electron chi connectivity index (χ1n) is 15.3. The average Bonchev–Trinajstić information content (AvgIpc) is 3.47. The van der Waals surface area contributed by atoms with Gasteiger partial charge >= 0.3 is 0 Å². The molecule has 1 saturated carbocycles. The first-order chi connectivity index (χ1) is 22.0. The molecular formula is C30H43ClN10O4. The number of hydrogen-bond donors (Lipinski definition) is 4. The Kier molecular flexibility index (Phi) is 11.8. The minimum atomic E-state index is -0.292. The number of anilines is 2. The topological polar surface area (TPSA) is 161 Å². The van der Waals surface area contributed by atoms with Crippen LogP contribution in [0.15, 0.2) is 36.8 Å². The molecule has 14 nitrogen and oxygen atoms in total. The van der Waals surface area contributed by atoms with Crippen molar-refractivity contribution in [1.29, 1.82) is 5.41 Å². The van der Waals surface area contributed by atoms with Crippen molar-refractivity contribution in [1.82, 2.24) is 35.2 Å². The summed E-state index contributed by atoms with van der Waals surface area (Å²) in [5, 5.41) is 17.4. The molecule has 15 heteroatoms. The van der Waals surface area contributed by atoms with Crippen LogP contribution in [0.5, 0.6) is 11.6 Å². The second-order valence-corrected chi connectivity index (χ2v) is 11.6. The Morgan fingerprint density at radius 1 is 1.13 bits per heavy atom. The lowest BCUT2D eigenvalue weighted by atomic mass is 9.90. The SMILES string of the molecule is COCCOc1nn([C@H]2CC[C@H](N3CCOCC3)CC2)cc1Nc1ncc(-c2ccc(Cl)c(O[C@@H](C)CN(C=N)NN)c2)cn1. The van der Waals surface area contributed by atoms with Gasteiger partial charge in [0, 0.05) is 44.2 Å². The number of rotatable bonds is 15. The zero-order valence-corrected chi connectivity index (χ0v) is 26.6. The summed E-state index contributed by atoms with van der Waals surface area (Å²) in [6.45, 7) is 6.75. The number of aromatic nitrogens is 4. The average molecular weight is 643 g/mol. The van der Waals surface area contributed by atoms with Gasteiger partial charge in [0.15, 0.2) is 0 Å². The fraction of sp³-hybridized carbons (Fsp3) is 0.533. The molecule has 0 amide bonds. The van der Waals surface area contributed by atoms with Gasteiger partial charge in [-0.15, -0.1) is 5.10 Å². The van der Waals surface area contributed by atoms with Gasteiger partial charge in [-0.1, -0.05) is 17.7 Å². The predicted octanol–water partition coefficient (Wildman–Crippen LogP) is 3.63. The molecule has 0 spiro atoms. The van der Waals surface area contributed by atoms with Gasteiger partial charge in [-0.3, -0.25) is 25.8 Å². The molecule has 3 heterocycles. The summed E-state index contributed by atoms with van der Waals surface area (Å²) in [5.41, 5.74) is 4.77. The first-order valence-corrected chi connectivity index (χ1v) is 15.7. The van der Waals surface area contributed by atoms with E-state index in [1.54, 1.807) is 25.6 Å². The molecule has 1 saturated heterocycles. The summed E-state index contributed by atoms with van der Waals surface area (Å²) in [6.07, 6.45) is 10.7. The molecule has 45 heavy (non-hydrogen) atoms. The van der Waals surface area contributed by atoms with E-state index in [-0.39, 0.29) is 6.10 Å². The molecule has 1 aliphatic carbocycles. The van der Waals surface area contributed by atoms with Crippen LogP contribution < -0.4 is 26.2 Å². The van der Waals surface area contributed by atoms with E-state index in [0.29, 0.717) is 60.1 Å². The maximum absolute atomic E-state index is 7.38. The molecule has 2 aliphatic rings. The quantitative estimate of drug-likeness (QED) is 0.0627. The Hall–Kier alpha value is -3.53. The van der Waals surface area contributed by atoms with E-state index in [9.17, 15) is 0 Å². The number of morpholine rings is 1. The minimum Gasteiger partial charge on any atom is -0.487 e. The van der Waals surface area contributed by atoms with Crippen molar-refractivity contribution < 1.29 is 18.9 Å². The molecule has 1 aliphatic heterocycles. The fourth-order valence-electron chi connectivity index (χ4n) is 5.72. The molecule has 5 rings (SSSR count).